The quantitative estimate of drug-likeness (QED) is 0.863. The number of halogens is 3. The zero-order chi connectivity index (χ0) is 17.0. The number of likely N-dealkylation sites (tertiary alicyclic amines) is 1. The second-order valence-corrected chi connectivity index (χ2v) is 7.64. The van der Waals surface area contributed by atoms with Gasteiger partial charge in [0.25, 0.3) is 0 Å². The highest BCUT2D eigenvalue weighted by atomic mass is 19.4. The molecule has 4 nitrogen and oxygen atoms in total. The molecule has 3 rings (SSSR count). The number of fused-ring (bicyclic) bond motifs is 1. The summed E-state index contributed by atoms with van der Waals surface area (Å²) in [7, 11) is 0. The molecule has 2 amide bonds. The number of amides is 2. The Kier molecular flexibility index (Phi) is 3.88. The molecule has 0 radical (unpaired) electrons. The van der Waals surface area contributed by atoms with Crippen LogP contribution in [0.4, 0.5) is 13.2 Å². The maximum atomic E-state index is 12.9. The molecule has 1 N–H and O–H groups in total. The molecule has 2 saturated carbocycles. The number of carbonyl (C=O) groups is 2. The van der Waals surface area contributed by atoms with E-state index in [9.17, 15) is 22.8 Å². The number of nitrogens with one attached hydrogen (secondary N) is 1. The number of alkyl halides is 3. The zero-order valence-electron chi connectivity index (χ0n) is 13.4. The summed E-state index contributed by atoms with van der Waals surface area (Å²) in [5, 5.41) is 1.97. The first-order chi connectivity index (χ1) is 10.6. The smallest absolute Gasteiger partial charge is 0.338 e. The first-order valence-electron chi connectivity index (χ1n) is 8.32. The van der Waals surface area contributed by atoms with E-state index in [4.69, 9.17) is 0 Å². The van der Waals surface area contributed by atoms with Crippen LogP contribution in [0.1, 0.15) is 46.0 Å². The fourth-order valence-electron chi connectivity index (χ4n) is 4.27. The Hall–Kier alpha value is -1.27. The largest absolute Gasteiger partial charge is 0.471 e. The van der Waals surface area contributed by atoms with Crippen molar-refractivity contribution in [2.45, 2.75) is 64.2 Å². The van der Waals surface area contributed by atoms with E-state index in [1.54, 1.807) is 11.8 Å². The molecule has 1 saturated heterocycles. The van der Waals surface area contributed by atoms with Crippen LogP contribution in [-0.2, 0) is 9.59 Å². The van der Waals surface area contributed by atoms with Crippen LogP contribution in [0.2, 0.25) is 0 Å². The van der Waals surface area contributed by atoms with E-state index in [-0.39, 0.29) is 11.9 Å². The van der Waals surface area contributed by atoms with Gasteiger partial charge in [-0.2, -0.15) is 13.2 Å². The molecule has 23 heavy (non-hydrogen) atoms. The van der Waals surface area contributed by atoms with Crippen molar-refractivity contribution in [3.63, 3.8) is 0 Å². The normalized spacial score (nSPS) is 33.3. The van der Waals surface area contributed by atoms with Crippen LogP contribution in [0, 0.1) is 17.3 Å². The molecule has 1 aliphatic heterocycles. The van der Waals surface area contributed by atoms with Crippen LogP contribution in [0.15, 0.2) is 0 Å². The second-order valence-electron chi connectivity index (χ2n) is 7.64. The van der Waals surface area contributed by atoms with Crippen LogP contribution in [0.3, 0.4) is 0 Å². The van der Waals surface area contributed by atoms with E-state index in [2.05, 4.69) is 0 Å². The Balaban J connectivity index is 1.75. The van der Waals surface area contributed by atoms with E-state index >= 15 is 0 Å². The van der Waals surface area contributed by atoms with Crippen molar-refractivity contribution >= 4 is 11.8 Å². The van der Waals surface area contributed by atoms with Gasteiger partial charge in [-0.1, -0.05) is 13.3 Å². The Morgan fingerprint density at radius 1 is 1.26 bits per heavy atom. The van der Waals surface area contributed by atoms with Crippen molar-refractivity contribution in [2.75, 3.05) is 6.54 Å². The number of rotatable bonds is 3. The fraction of sp³-hybridized carbons (Fsp3) is 0.875. The lowest BCUT2D eigenvalue weighted by atomic mass is 9.94. The van der Waals surface area contributed by atoms with Crippen molar-refractivity contribution in [3.05, 3.63) is 0 Å². The average Bonchev–Trinajstić information content (AvgIpc) is 2.92. The number of nitrogens with zero attached hydrogens (tertiary/aromatic N) is 1. The van der Waals surface area contributed by atoms with Gasteiger partial charge in [0.2, 0.25) is 5.91 Å². The topological polar surface area (TPSA) is 49.4 Å². The van der Waals surface area contributed by atoms with E-state index in [0.717, 1.165) is 19.3 Å². The molecule has 3 aliphatic rings. The summed E-state index contributed by atoms with van der Waals surface area (Å²) in [6, 6.07) is -1.03. The second kappa shape index (κ2) is 5.38. The van der Waals surface area contributed by atoms with Gasteiger partial charge in [-0.3, -0.25) is 9.59 Å². The van der Waals surface area contributed by atoms with E-state index in [0.29, 0.717) is 31.2 Å². The van der Waals surface area contributed by atoms with Crippen molar-refractivity contribution in [1.29, 1.82) is 0 Å². The highest BCUT2D eigenvalue weighted by molar-refractivity contribution is 5.91. The summed E-state index contributed by atoms with van der Waals surface area (Å²) >= 11 is 0. The molecule has 0 bridgehead atoms. The van der Waals surface area contributed by atoms with Crippen molar-refractivity contribution in [2.24, 2.45) is 17.3 Å². The summed E-state index contributed by atoms with van der Waals surface area (Å²) in [6.07, 6.45) is -0.320. The zero-order valence-corrected chi connectivity index (χ0v) is 13.4. The van der Waals surface area contributed by atoms with Crippen LogP contribution < -0.4 is 5.32 Å². The third-order valence-corrected chi connectivity index (χ3v) is 6.06. The highest BCUT2D eigenvalue weighted by Crippen LogP contribution is 2.50. The summed E-state index contributed by atoms with van der Waals surface area (Å²) in [5.74, 6) is -1.45. The van der Waals surface area contributed by atoms with Gasteiger partial charge >= 0.3 is 12.1 Å². The molecule has 1 heterocycles. The molecule has 0 aromatic rings. The summed E-state index contributed by atoms with van der Waals surface area (Å²) in [5.41, 5.74) is -0.546. The Labute approximate surface area is 133 Å². The van der Waals surface area contributed by atoms with E-state index in [1.807, 2.05) is 12.2 Å². The number of carbonyl (C=O) groups excluding carboxylic acids is 2. The lowest BCUT2D eigenvalue weighted by Crippen LogP contribution is -2.56. The molecule has 4 atom stereocenters. The van der Waals surface area contributed by atoms with Crippen molar-refractivity contribution < 1.29 is 22.8 Å². The van der Waals surface area contributed by atoms with E-state index in [1.165, 1.54) is 0 Å². The van der Waals surface area contributed by atoms with Gasteiger partial charge in [-0.25, -0.2) is 0 Å². The predicted molar refractivity (Wildman–Crippen MR) is 77.3 cm³/mol. The molecular weight excluding hydrogens is 309 g/mol. The molecule has 0 aromatic carbocycles. The number of hydrogen-bond acceptors (Lipinski definition) is 2. The molecular formula is C16H23F3N2O2. The highest BCUT2D eigenvalue weighted by Gasteiger charge is 2.55. The lowest BCUT2D eigenvalue weighted by Gasteiger charge is -2.32. The van der Waals surface area contributed by atoms with Crippen LogP contribution in [-0.4, -0.2) is 41.5 Å². The summed E-state index contributed by atoms with van der Waals surface area (Å²) < 4.78 is 37.8. The Morgan fingerprint density at radius 2 is 1.91 bits per heavy atom. The lowest BCUT2D eigenvalue weighted by molar-refractivity contribution is -0.175. The van der Waals surface area contributed by atoms with Gasteiger partial charge in [0.15, 0.2) is 0 Å². The minimum Gasteiger partial charge on any atom is -0.338 e. The molecule has 0 spiro atoms. The van der Waals surface area contributed by atoms with Crippen molar-refractivity contribution in [1.82, 2.24) is 10.2 Å². The molecule has 3 fully saturated rings. The Morgan fingerprint density at radius 3 is 2.43 bits per heavy atom. The summed E-state index contributed by atoms with van der Waals surface area (Å²) in [4.78, 5) is 25.9. The third kappa shape index (κ3) is 2.94. The van der Waals surface area contributed by atoms with Gasteiger partial charge in [0.1, 0.15) is 6.04 Å². The van der Waals surface area contributed by atoms with Crippen LogP contribution >= 0.6 is 0 Å². The minimum atomic E-state index is -4.96. The average molecular weight is 332 g/mol. The standard InChI is InChI=1S/C16H23F3N2O2/c1-9-11-5-3-4-10(11)8-21(9)13(22)12(15(2)6-7-15)20-14(23)16(17,18)19/h9-12H,3-8H2,1-2H3,(H,20,23)/t9-,10+,11-,12-/m1/s1. The van der Waals surface area contributed by atoms with Gasteiger partial charge in [-0.15, -0.1) is 0 Å². The monoisotopic (exact) mass is 332 g/mol. The molecule has 130 valence electrons. The molecule has 2 aliphatic carbocycles. The summed E-state index contributed by atoms with van der Waals surface area (Å²) in [6.45, 7) is 4.36. The SMILES string of the molecule is C[C@@H]1[C@H]2CCC[C@H]2CN1C(=O)[C@@H](NC(=O)C(F)(F)F)C1(C)CC1. The first-order valence-corrected chi connectivity index (χ1v) is 8.32. The minimum absolute atomic E-state index is 0.0441. The maximum Gasteiger partial charge on any atom is 0.471 e. The van der Waals surface area contributed by atoms with Gasteiger partial charge in [-0.05, 0) is 49.9 Å². The Bertz CT molecular complexity index is 516. The molecule has 0 unspecified atom stereocenters. The number of hydrogen-bond donors (Lipinski definition) is 1. The maximum absolute atomic E-state index is 12.9. The van der Waals surface area contributed by atoms with E-state index < -0.39 is 23.5 Å². The van der Waals surface area contributed by atoms with Gasteiger partial charge in [0.05, 0.1) is 0 Å². The predicted octanol–water partition coefficient (Wildman–Crippen LogP) is 2.48. The van der Waals surface area contributed by atoms with Crippen LogP contribution in [0.5, 0.6) is 0 Å². The third-order valence-electron chi connectivity index (χ3n) is 6.06. The molecule has 7 heteroatoms. The fourth-order valence-corrected chi connectivity index (χ4v) is 4.27. The van der Waals surface area contributed by atoms with Gasteiger partial charge < -0.3 is 10.2 Å². The van der Waals surface area contributed by atoms with Crippen molar-refractivity contribution in [3.8, 4) is 0 Å². The first kappa shape index (κ1) is 16.6. The molecule has 0 aromatic heterocycles. The van der Waals surface area contributed by atoms with Gasteiger partial charge in [0, 0.05) is 12.6 Å². The van der Waals surface area contributed by atoms with Crippen LogP contribution in [0.25, 0.3) is 0 Å².